The van der Waals surface area contributed by atoms with E-state index in [-0.39, 0.29) is 6.42 Å². The zero-order valence-corrected chi connectivity index (χ0v) is 8.99. The summed E-state index contributed by atoms with van der Waals surface area (Å²) in [6, 6.07) is 4.10. The lowest BCUT2D eigenvalue weighted by atomic mass is 10.1. The summed E-state index contributed by atoms with van der Waals surface area (Å²) in [5, 5.41) is 9.15. The van der Waals surface area contributed by atoms with E-state index in [1.807, 2.05) is 0 Å². The Hall–Kier alpha value is -1.26. The smallest absolute Gasteiger partial charge is 0.320 e. The summed E-state index contributed by atoms with van der Waals surface area (Å²) in [5.41, 5.74) is 6.08. The molecule has 0 radical (unpaired) electrons. The van der Waals surface area contributed by atoms with Crippen LogP contribution >= 0.6 is 11.6 Å². The molecule has 5 heteroatoms. The number of methoxy groups -OCH3 is 1. The molecule has 1 aromatic carbocycles. The average Bonchev–Trinajstić information content (AvgIpc) is 2.21. The summed E-state index contributed by atoms with van der Waals surface area (Å²) in [6.07, 6.45) is 0.186. The van der Waals surface area contributed by atoms with Crippen LogP contribution < -0.4 is 10.5 Å². The molecule has 1 rings (SSSR count). The number of benzene rings is 1. The van der Waals surface area contributed by atoms with E-state index in [0.717, 1.165) is 0 Å². The molecular formula is C10H12ClNO3. The minimum Gasteiger partial charge on any atom is -0.497 e. The predicted molar refractivity (Wildman–Crippen MR) is 57.3 cm³/mol. The number of carboxylic acids is 1. The Morgan fingerprint density at radius 3 is 2.87 bits per heavy atom. The SMILES string of the molecule is COc1ccc(Cl)c(C[C@@H](N)C(=O)O)c1. The van der Waals surface area contributed by atoms with Crippen LogP contribution in [0.1, 0.15) is 5.56 Å². The van der Waals surface area contributed by atoms with Crippen molar-refractivity contribution in [1.29, 1.82) is 0 Å². The first-order chi connectivity index (χ1) is 7.04. The lowest BCUT2D eigenvalue weighted by Gasteiger charge is -2.09. The molecule has 0 unspecified atom stereocenters. The van der Waals surface area contributed by atoms with Gasteiger partial charge in [-0.25, -0.2) is 0 Å². The summed E-state index contributed by atoms with van der Waals surface area (Å²) in [6.45, 7) is 0. The van der Waals surface area contributed by atoms with Gasteiger partial charge in [-0.05, 0) is 30.2 Å². The third kappa shape index (κ3) is 3.11. The van der Waals surface area contributed by atoms with Gasteiger partial charge < -0.3 is 15.6 Å². The number of carboxylic acid groups (broad SMARTS) is 1. The minimum absolute atomic E-state index is 0.186. The number of aliphatic carboxylic acids is 1. The molecule has 0 aliphatic rings. The number of ether oxygens (including phenoxy) is 1. The van der Waals surface area contributed by atoms with Crippen LogP contribution in [0, 0.1) is 0 Å². The van der Waals surface area contributed by atoms with E-state index in [1.165, 1.54) is 7.11 Å². The molecule has 0 bridgehead atoms. The molecule has 0 amide bonds. The van der Waals surface area contributed by atoms with Crippen LogP contribution in [0.2, 0.25) is 5.02 Å². The molecule has 3 N–H and O–H groups in total. The number of rotatable bonds is 4. The molecular weight excluding hydrogens is 218 g/mol. The molecule has 82 valence electrons. The van der Waals surface area contributed by atoms with Crippen molar-refractivity contribution in [2.24, 2.45) is 5.73 Å². The molecule has 0 saturated heterocycles. The average molecular weight is 230 g/mol. The van der Waals surface area contributed by atoms with Crippen LogP contribution in [0.3, 0.4) is 0 Å². The molecule has 4 nitrogen and oxygen atoms in total. The Labute approximate surface area is 92.6 Å². The van der Waals surface area contributed by atoms with Gasteiger partial charge in [-0.15, -0.1) is 0 Å². The summed E-state index contributed by atoms with van der Waals surface area (Å²) < 4.78 is 5.01. The Kier molecular flexibility index (Phi) is 3.94. The highest BCUT2D eigenvalue weighted by molar-refractivity contribution is 6.31. The largest absolute Gasteiger partial charge is 0.497 e. The van der Waals surface area contributed by atoms with Gasteiger partial charge in [-0.1, -0.05) is 11.6 Å². The number of hydrogen-bond donors (Lipinski definition) is 2. The third-order valence-electron chi connectivity index (χ3n) is 2.01. The quantitative estimate of drug-likeness (QED) is 0.817. The summed E-state index contributed by atoms with van der Waals surface area (Å²) in [7, 11) is 1.53. The van der Waals surface area contributed by atoms with E-state index in [0.29, 0.717) is 16.3 Å². The maximum atomic E-state index is 10.6. The van der Waals surface area contributed by atoms with E-state index in [1.54, 1.807) is 18.2 Å². The van der Waals surface area contributed by atoms with E-state index < -0.39 is 12.0 Å². The van der Waals surface area contributed by atoms with Crippen molar-refractivity contribution in [1.82, 2.24) is 0 Å². The fraction of sp³-hybridized carbons (Fsp3) is 0.300. The van der Waals surface area contributed by atoms with Gasteiger partial charge in [0.1, 0.15) is 11.8 Å². The van der Waals surface area contributed by atoms with E-state index >= 15 is 0 Å². The molecule has 0 aliphatic carbocycles. The summed E-state index contributed by atoms with van der Waals surface area (Å²) in [5.74, 6) is -0.416. The number of nitrogens with two attached hydrogens (primary N) is 1. The minimum atomic E-state index is -1.05. The van der Waals surface area contributed by atoms with Gasteiger partial charge in [0.2, 0.25) is 0 Å². The van der Waals surface area contributed by atoms with Gasteiger partial charge in [-0.2, -0.15) is 0 Å². The van der Waals surface area contributed by atoms with Gasteiger partial charge in [0.05, 0.1) is 7.11 Å². The first-order valence-electron chi connectivity index (χ1n) is 4.35. The number of hydrogen-bond acceptors (Lipinski definition) is 3. The first-order valence-corrected chi connectivity index (χ1v) is 4.73. The van der Waals surface area contributed by atoms with Gasteiger partial charge in [0.25, 0.3) is 0 Å². The Morgan fingerprint density at radius 1 is 1.67 bits per heavy atom. The van der Waals surface area contributed by atoms with Crippen molar-refractivity contribution >= 4 is 17.6 Å². The van der Waals surface area contributed by atoms with Gasteiger partial charge in [0, 0.05) is 5.02 Å². The zero-order valence-electron chi connectivity index (χ0n) is 8.24. The molecule has 0 heterocycles. The van der Waals surface area contributed by atoms with E-state index in [2.05, 4.69) is 0 Å². The fourth-order valence-electron chi connectivity index (χ4n) is 1.16. The zero-order chi connectivity index (χ0) is 11.4. The molecule has 15 heavy (non-hydrogen) atoms. The van der Waals surface area contributed by atoms with Crippen molar-refractivity contribution in [2.45, 2.75) is 12.5 Å². The summed E-state index contributed by atoms with van der Waals surface area (Å²) >= 11 is 5.90. The monoisotopic (exact) mass is 229 g/mol. The highest BCUT2D eigenvalue weighted by Gasteiger charge is 2.14. The number of halogens is 1. The second-order valence-corrected chi connectivity index (χ2v) is 3.51. The van der Waals surface area contributed by atoms with Gasteiger partial charge in [0.15, 0.2) is 0 Å². The fourth-order valence-corrected chi connectivity index (χ4v) is 1.35. The second kappa shape index (κ2) is 5.00. The molecule has 0 saturated carbocycles. The van der Waals surface area contributed by atoms with Gasteiger partial charge in [-0.3, -0.25) is 4.79 Å². The van der Waals surface area contributed by atoms with Crippen molar-refractivity contribution in [3.8, 4) is 5.75 Å². The van der Waals surface area contributed by atoms with Crippen molar-refractivity contribution in [3.05, 3.63) is 28.8 Å². The van der Waals surface area contributed by atoms with Crippen LogP contribution in [-0.2, 0) is 11.2 Å². The Balaban J connectivity index is 2.88. The predicted octanol–water partition coefficient (Wildman–Crippen LogP) is 1.30. The van der Waals surface area contributed by atoms with Crippen molar-refractivity contribution in [3.63, 3.8) is 0 Å². The molecule has 0 aromatic heterocycles. The van der Waals surface area contributed by atoms with Gasteiger partial charge >= 0.3 is 5.97 Å². The van der Waals surface area contributed by atoms with Crippen LogP contribution in [-0.4, -0.2) is 24.2 Å². The van der Waals surface area contributed by atoms with Crippen molar-refractivity contribution in [2.75, 3.05) is 7.11 Å². The highest BCUT2D eigenvalue weighted by Crippen LogP contribution is 2.22. The molecule has 1 aromatic rings. The maximum Gasteiger partial charge on any atom is 0.320 e. The molecule has 0 spiro atoms. The third-order valence-corrected chi connectivity index (χ3v) is 2.38. The highest BCUT2D eigenvalue weighted by atomic mass is 35.5. The van der Waals surface area contributed by atoms with Crippen LogP contribution in [0.25, 0.3) is 0 Å². The first kappa shape index (κ1) is 11.8. The van der Waals surface area contributed by atoms with Crippen LogP contribution in [0.4, 0.5) is 0 Å². The normalized spacial score (nSPS) is 12.2. The maximum absolute atomic E-state index is 10.6. The molecule has 1 atom stereocenters. The second-order valence-electron chi connectivity index (χ2n) is 3.11. The van der Waals surface area contributed by atoms with E-state index in [9.17, 15) is 4.79 Å². The van der Waals surface area contributed by atoms with E-state index in [4.69, 9.17) is 27.2 Å². The topological polar surface area (TPSA) is 72.5 Å². The summed E-state index contributed by atoms with van der Waals surface area (Å²) in [4.78, 5) is 10.6. The number of carbonyl (C=O) groups is 1. The molecule has 0 aliphatic heterocycles. The standard InChI is InChI=1S/C10H12ClNO3/c1-15-7-2-3-8(11)6(4-7)5-9(12)10(13)14/h2-4,9H,5,12H2,1H3,(H,13,14)/t9-/m1/s1. The Bertz CT molecular complexity index is 368. The molecule has 0 fully saturated rings. The van der Waals surface area contributed by atoms with Crippen LogP contribution in [0.15, 0.2) is 18.2 Å². The van der Waals surface area contributed by atoms with Crippen molar-refractivity contribution < 1.29 is 14.6 Å². The lowest BCUT2D eigenvalue weighted by molar-refractivity contribution is -0.138. The lowest BCUT2D eigenvalue weighted by Crippen LogP contribution is -2.32. The Morgan fingerprint density at radius 2 is 2.33 bits per heavy atom. The van der Waals surface area contributed by atoms with Crippen LogP contribution in [0.5, 0.6) is 5.75 Å².